The Hall–Kier alpha value is -4.06. The van der Waals surface area contributed by atoms with Gasteiger partial charge in [-0.1, -0.05) is 42.5 Å². The average molecular weight is 415 g/mol. The van der Waals surface area contributed by atoms with E-state index in [1.54, 1.807) is 48.5 Å². The number of furan rings is 1. The van der Waals surface area contributed by atoms with Crippen LogP contribution in [-0.2, 0) is 4.79 Å². The van der Waals surface area contributed by atoms with E-state index in [0.717, 1.165) is 5.56 Å². The lowest BCUT2D eigenvalue weighted by atomic mass is 10.1. The maximum atomic E-state index is 13.2. The molecule has 4 aromatic rings. The molecule has 31 heavy (non-hydrogen) atoms. The molecule has 1 amide bonds. The van der Waals surface area contributed by atoms with Crippen molar-refractivity contribution in [3.05, 3.63) is 89.7 Å². The molecule has 0 aliphatic heterocycles. The first kappa shape index (κ1) is 20.2. The van der Waals surface area contributed by atoms with E-state index in [9.17, 15) is 9.59 Å². The quantitative estimate of drug-likeness (QED) is 0.430. The molecular weight excluding hydrogens is 394 g/mol. The van der Waals surface area contributed by atoms with Crippen molar-refractivity contribution in [3.63, 3.8) is 0 Å². The Morgan fingerprint density at radius 2 is 1.74 bits per heavy atom. The standard InChI is InChI=1S/C25H21NO5/c1-16-8-3-5-12-20(16)30-15-22(27)26-23-19-11-4-6-13-21(19)31-25(23)24(28)17-9-7-10-18(14-17)29-2/h3-14H,15H2,1-2H3,(H,26,27). The Morgan fingerprint density at radius 3 is 2.55 bits per heavy atom. The molecule has 0 saturated carbocycles. The van der Waals surface area contributed by atoms with Gasteiger partial charge >= 0.3 is 0 Å². The zero-order valence-corrected chi connectivity index (χ0v) is 17.2. The lowest BCUT2D eigenvalue weighted by Gasteiger charge is -2.10. The third-order valence-electron chi connectivity index (χ3n) is 4.85. The van der Waals surface area contributed by atoms with Crippen LogP contribution >= 0.6 is 0 Å². The Morgan fingerprint density at radius 1 is 0.968 bits per heavy atom. The number of nitrogens with one attached hydrogen (secondary N) is 1. The van der Waals surface area contributed by atoms with Crippen LogP contribution in [0.4, 0.5) is 5.69 Å². The molecular formula is C25H21NO5. The lowest BCUT2D eigenvalue weighted by Crippen LogP contribution is -2.21. The number of amides is 1. The summed E-state index contributed by atoms with van der Waals surface area (Å²) < 4.78 is 16.7. The highest BCUT2D eigenvalue weighted by molar-refractivity contribution is 6.17. The summed E-state index contributed by atoms with van der Waals surface area (Å²) in [5.74, 6) is 0.486. The summed E-state index contributed by atoms with van der Waals surface area (Å²) >= 11 is 0. The van der Waals surface area contributed by atoms with Crippen molar-refractivity contribution in [2.75, 3.05) is 19.0 Å². The number of para-hydroxylation sites is 2. The average Bonchev–Trinajstić information content (AvgIpc) is 3.16. The number of carbonyl (C=O) groups excluding carboxylic acids is 2. The molecule has 1 aromatic heterocycles. The van der Waals surface area contributed by atoms with Gasteiger partial charge in [0.2, 0.25) is 5.78 Å². The lowest BCUT2D eigenvalue weighted by molar-refractivity contribution is -0.118. The highest BCUT2D eigenvalue weighted by atomic mass is 16.5. The summed E-state index contributed by atoms with van der Waals surface area (Å²) in [5, 5.41) is 3.43. The Labute approximate surface area is 179 Å². The van der Waals surface area contributed by atoms with Crippen molar-refractivity contribution in [1.29, 1.82) is 0 Å². The summed E-state index contributed by atoms with van der Waals surface area (Å²) in [7, 11) is 1.53. The Bertz CT molecular complexity index is 1260. The minimum absolute atomic E-state index is 0.0543. The van der Waals surface area contributed by atoms with Gasteiger partial charge in [-0.05, 0) is 42.8 Å². The molecule has 0 atom stereocenters. The van der Waals surface area contributed by atoms with Gasteiger partial charge in [0.05, 0.1) is 12.8 Å². The number of ketones is 1. The number of hydrogen-bond donors (Lipinski definition) is 1. The van der Waals surface area contributed by atoms with E-state index in [1.807, 2.05) is 31.2 Å². The van der Waals surface area contributed by atoms with Gasteiger partial charge in [-0.25, -0.2) is 0 Å². The van der Waals surface area contributed by atoms with Gasteiger partial charge < -0.3 is 19.2 Å². The van der Waals surface area contributed by atoms with Crippen LogP contribution in [0.3, 0.4) is 0 Å². The van der Waals surface area contributed by atoms with Gasteiger partial charge in [-0.2, -0.15) is 0 Å². The number of anilines is 1. The summed E-state index contributed by atoms with van der Waals surface area (Å²) in [6.07, 6.45) is 0. The van der Waals surface area contributed by atoms with Crippen molar-refractivity contribution in [1.82, 2.24) is 0 Å². The van der Waals surface area contributed by atoms with Crippen LogP contribution in [0.5, 0.6) is 11.5 Å². The predicted octanol–water partition coefficient (Wildman–Crippen LogP) is 5.00. The normalized spacial score (nSPS) is 10.6. The number of rotatable bonds is 7. The van der Waals surface area contributed by atoms with Crippen LogP contribution in [0.15, 0.2) is 77.2 Å². The van der Waals surface area contributed by atoms with Crippen LogP contribution in [0.2, 0.25) is 0 Å². The second-order valence-electron chi connectivity index (χ2n) is 6.97. The third kappa shape index (κ3) is 4.28. The first-order valence-corrected chi connectivity index (χ1v) is 9.75. The first-order chi connectivity index (χ1) is 15.1. The number of benzene rings is 3. The number of carbonyl (C=O) groups is 2. The minimum Gasteiger partial charge on any atom is -0.497 e. The van der Waals surface area contributed by atoms with Crippen LogP contribution in [-0.4, -0.2) is 25.4 Å². The minimum atomic E-state index is -0.394. The molecule has 0 unspecified atom stereocenters. The van der Waals surface area contributed by atoms with E-state index in [1.165, 1.54) is 7.11 Å². The maximum absolute atomic E-state index is 13.2. The summed E-state index contributed by atoms with van der Waals surface area (Å²) in [4.78, 5) is 25.8. The van der Waals surface area contributed by atoms with Gasteiger partial charge in [0.25, 0.3) is 5.91 Å². The molecule has 6 heteroatoms. The topological polar surface area (TPSA) is 77.8 Å². The molecule has 156 valence electrons. The summed E-state index contributed by atoms with van der Waals surface area (Å²) in [6, 6.07) is 21.4. The summed E-state index contributed by atoms with van der Waals surface area (Å²) in [5.41, 5.74) is 2.15. The second kappa shape index (κ2) is 8.75. The molecule has 1 heterocycles. The highest BCUT2D eigenvalue weighted by Gasteiger charge is 2.24. The van der Waals surface area contributed by atoms with Crippen molar-refractivity contribution in [3.8, 4) is 11.5 Å². The van der Waals surface area contributed by atoms with Crippen molar-refractivity contribution < 1.29 is 23.5 Å². The maximum Gasteiger partial charge on any atom is 0.262 e. The zero-order valence-electron chi connectivity index (χ0n) is 17.2. The fourth-order valence-electron chi connectivity index (χ4n) is 3.26. The highest BCUT2D eigenvalue weighted by Crippen LogP contribution is 2.33. The monoisotopic (exact) mass is 415 g/mol. The number of fused-ring (bicyclic) bond motifs is 1. The zero-order chi connectivity index (χ0) is 21.8. The fourth-order valence-corrected chi connectivity index (χ4v) is 3.26. The van der Waals surface area contributed by atoms with Gasteiger partial charge in [-0.15, -0.1) is 0 Å². The molecule has 0 fully saturated rings. The Balaban J connectivity index is 1.62. The number of ether oxygens (including phenoxy) is 2. The molecule has 0 radical (unpaired) electrons. The molecule has 6 nitrogen and oxygen atoms in total. The molecule has 0 aliphatic rings. The van der Waals surface area contributed by atoms with Crippen molar-refractivity contribution >= 4 is 28.3 Å². The van der Waals surface area contributed by atoms with E-state index in [-0.39, 0.29) is 18.2 Å². The van der Waals surface area contributed by atoms with Crippen molar-refractivity contribution in [2.45, 2.75) is 6.92 Å². The number of hydrogen-bond acceptors (Lipinski definition) is 5. The van der Waals surface area contributed by atoms with Crippen LogP contribution in [0.1, 0.15) is 21.7 Å². The van der Waals surface area contributed by atoms with Crippen molar-refractivity contribution in [2.24, 2.45) is 0 Å². The second-order valence-corrected chi connectivity index (χ2v) is 6.97. The number of aryl methyl sites for hydroxylation is 1. The van der Waals surface area contributed by atoms with Crippen LogP contribution in [0, 0.1) is 6.92 Å². The molecule has 3 aromatic carbocycles. The predicted molar refractivity (Wildman–Crippen MR) is 118 cm³/mol. The molecule has 0 saturated heterocycles. The Kier molecular flexibility index (Phi) is 5.71. The SMILES string of the molecule is COc1cccc(C(=O)c2oc3ccccc3c2NC(=O)COc2ccccc2C)c1. The first-order valence-electron chi connectivity index (χ1n) is 9.75. The molecule has 1 N–H and O–H groups in total. The van der Waals surface area contributed by atoms with Gasteiger partial charge in [0, 0.05) is 10.9 Å². The smallest absolute Gasteiger partial charge is 0.262 e. The van der Waals surface area contributed by atoms with E-state index < -0.39 is 5.91 Å². The van der Waals surface area contributed by atoms with Gasteiger partial charge in [0.15, 0.2) is 12.4 Å². The fraction of sp³-hybridized carbons (Fsp3) is 0.120. The van der Waals surface area contributed by atoms with Crippen LogP contribution in [0.25, 0.3) is 11.0 Å². The van der Waals surface area contributed by atoms with Gasteiger partial charge in [-0.3, -0.25) is 9.59 Å². The molecule has 4 rings (SSSR count). The summed E-state index contributed by atoms with van der Waals surface area (Å²) in [6.45, 7) is 1.71. The van der Waals surface area contributed by atoms with E-state index >= 15 is 0 Å². The number of methoxy groups -OCH3 is 1. The molecule has 0 aliphatic carbocycles. The van der Waals surface area contributed by atoms with E-state index in [2.05, 4.69) is 5.32 Å². The molecule has 0 spiro atoms. The third-order valence-corrected chi connectivity index (χ3v) is 4.85. The van der Waals surface area contributed by atoms with Crippen LogP contribution < -0.4 is 14.8 Å². The van der Waals surface area contributed by atoms with E-state index in [0.29, 0.717) is 33.7 Å². The largest absolute Gasteiger partial charge is 0.497 e. The van der Waals surface area contributed by atoms with Gasteiger partial charge in [0.1, 0.15) is 17.1 Å². The van der Waals surface area contributed by atoms with E-state index in [4.69, 9.17) is 13.9 Å². The molecule has 0 bridgehead atoms.